The number of thiophene rings is 1. The Hall–Kier alpha value is -2.47. The molecular formula is C27H31FN6O2S. The normalized spacial score (nSPS) is 24.2. The number of nitrogens with one attached hydrogen (secondary N) is 2. The van der Waals surface area contributed by atoms with Crippen molar-refractivity contribution in [3.8, 4) is 0 Å². The van der Waals surface area contributed by atoms with Crippen LogP contribution in [0.1, 0.15) is 35.6 Å². The number of likely N-dealkylation sites (tertiary alicyclic amines) is 1. The molecule has 3 fully saturated rings. The first-order chi connectivity index (χ1) is 18.2. The lowest BCUT2D eigenvalue weighted by Gasteiger charge is -2.49. The van der Waals surface area contributed by atoms with Crippen molar-refractivity contribution in [3.63, 3.8) is 0 Å². The Morgan fingerprint density at radius 1 is 1.14 bits per heavy atom. The molecule has 0 amide bonds. The lowest BCUT2D eigenvalue weighted by molar-refractivity contribution is -0.127. The Kier molecular flexibility index (Phi) is 6.19. The fourth-order valence-corrected chi connectivity index (χ4v) is 7.41. The molecule has 6 heterocycles. The van der Waals surface area contributed by atoms with Crippen molar-refractivity contribution >= 4 is 32.5 Å². The van der Waals surface area contributed by atoms with Gasteiger partial charge in [-0.1, -0.05) is 0 Å². The summed E-state index contributed by atoms with van der Waals surface area (Å²) in [6, 6.07) is 7.48. The second-order valence-electron chi connectivity index (χ2n) is 10.3. The molecule has 0 bridgehead atoms. The monoisotopic (exact) mass is 522 g/mol. The molecule has 3 aliphatic rings. The molecule has 3 aromatic heterocycles. The molecule has 0 aliphatic carbocycles. The summed E-state index contributed by atoms with van der Waals surface area (Å²) < 4.78 is 28.7. The Morgan fingerprint density at radius 3 is 2.89 bits per heavy atom. The lowest BCUT2D eigenvalue weighted by Crippen LogP contribution is -2.57. The summed E-state index contributed by atoms with van der Waals surface area (Å²) in [6.07, 6.45) is 7.07. The highest BCUT2D eigenvalue weighted by Crippen LogP contribution is 2.40. The van der Waals surface area contributed by atoms with Crippen molar-refractivity contribution in [3.05, 3.63) is 59.2 Å². The first-order valence-electron chi connectivity index (χ1n) is 13.1. The van der Waals surface area contributed by atoms with Gasteiger partial charge in [0.1, 0.15) is 12.1 Å². The Morgan fingerprint density at radius 2 is 2.05 bits per heavy atom. The quantitative estimate of drug-likeness (QED) is 0.422. The molecule has 3 aliphatic heterocycles. The van der Waals surface area contributed by atoms with Crippen LogP contribution < -0.4 is 5.32 Å². The maximum atomic E-state index is 15.2. The number of halogens is 1. The third-order valence-electron chi connectivity index (χ3n) is 8.15. The van der Waals surface area contributed by atoms with Gasteiger partial charge in [-0.05, 0) is 37.1 Å². The van der Waals surface area contributed by atoms with Crippen LogP contribution in [0, 0.1) is 5.82 Å². The lowest BCUT2D eigenvalue weighted by atomic mass is 9.89. The second kappa shape index (κ2) is 9.68. The van der Waals surface area contributed by atoms with E-state index in [1.807, 2.05) is 18.5 Å². The van der Waals surface area contributed by atoms with E-state index < -0.39 is 0 Å². The molecule has 3 saturated heterocycles. The van der Waals surface area contributed by atoms with Gasteiger partial charge in [-0.2, -0.15) is 0 Å². The van der Waals surface area contributed by atoms with E-state index in [1.165, 1.54) is 4.88 Å². The minimum absolute atomic E-state index is 0.0630. The van der Waals surface area contributed by atoms with Gasteiger partial charge in [-0.25, -0.2) is 14.4 Å². The van der Waals surface area contributed by atoms with Gasteiger partial charge in [0.15, 0.2) is 0 Å². The standard InChI is InChI=1S/C27H31FN6O2S/c28-19-1-2-20-18(3-6-31-20)25(19)22-15-34(10-12-35-22)26(23-13-21-24(37-23)14-30-17-32-21)33-8-4-27(5-9-33)16-29-7-11-36-27/h1-3,6,13-14,17,22,26,29,31H,4-5,7-12,15-16H2. The first kappa shape index (κ1) is 23.6. The van der Waals surface area contributed by atoms with Gasteiger partial charge in [0.25, 0.3) is 0 Å². The van der Waals surface area contributed by atoms with Crippen molar-refractivity contribution in [2.45, 2.75) is 30.7 Å². The number of nitrogens with zero attached hydrogens (tertiary/aromatic N) is 4. The van der Waals surface area contributed by atoms with E-state index in [-0.39, 0.29) is 23.7 Å². The summed E-state index contributed by atoms with van der Waals surface area (Å²) in [7, 11) is 0. The van der Waals surface area contributed by atoms with Gasteiger partial charge in [0.05, 0.1) is 41.3 Å². The third-order valence-corrected chi connectivity index (χ3v) is 9.25. The van der Waals surface area contributed by atoms with E-state index in [9.17, 15) is 0 Å². The second-order valence-corrected chi connectivity index (χ2v) is 11.4. The zero-order chi connectivity index (χ0) is 24.8. The van der Waals surface area contributed by atoms with Crippen LogP contribution in [0.3, 0.4) is 0 Å². The number of benzene rings is 1. The van der Waals surface area contributed by atoms with Crippen LogP contribution in [0.25, 0.3) is 21.1 Å². The number of aromatic nitrogens is 3. The van der Waals surface area contributed by atoms with Gasteiger partial charge >= 0.3 is 0 Å². The van der Waals surface area contributed by atoms with E-state index in [2.05, 4.69) is 36.1 Å². The predicted molar refractivity (Wildman–Crippen MR) is 141 cm³/mol. The summed E-state index contributed by atoms with van der Waals surface area (Å²) in [5, 5.41) is 4.41. The number of ether oxygens (including phenoxy) is 2. The molecule has 10 heteroatoms. The summed E-state index contributed by atoms with van der Waals surface area (Å²) in [5.74, 6) is -0.213. The Labute approximate surface area is 218 Å². The molecule has 8 nitrogen and oxygen atoms in total. The van der Waals surface area contributed by atoms with Crippen LogP contribution in [-0.2, 0) is 9.47 Å². The molecule has 0 radical (unpaired) electrons. The molecule has 37 heavy (non-hydrogen) atoms. The zero-order valence-electron chi connectivity index (χ0n) is 20.7. The van der Waals surface area contributed by atoms with Gasteiger partial charge in [0.2, 0.25) is 0 Å². The number of rotatable bonds is 4. The molecule has 1 aromatic carbocycles. The molecule has 7 rings (SSSR count). The molecular weight excluding hydrogens is 491 g/mol. The van der Waals surface area contributed by atoms with E-state index >= 15 is 4.39 Å². The fourth-order valence-electron chi connectivity index (χ4n) is 6.25. The average molecular weight is 523 g/mol. The van der Waals surface area contributed by atoms with Crippen molar-refractivity contribution in [1.82, 2.24) is 30.1 Å². The largest absolute Gasteiger partial charge is 0.372 e. The molecule has 0 saturated carbocycles. The maximum Gasteiger partial charge on any atom is 0.129 e. The number of piperidine rings is 1. The minimum Gasteiger partial charge on any atom is -0.372 e. The number of aromatic amines is 1. The molecule has 194 valence electrons. The topological polar surface area (TPSA) is 78.5 Å². The van der Waals surface area contributed by atoms with Crippen LogP contribution in [0.5, 0.6) is 0 Å². The zero-order valence-corrected chi connectivity index (χ0v) is 21.5. The summed E-state index contributed by atoms with van der Waals surface area (Å²) in [4.78, 5) is 18.2. The highest BCUT2D eigenvalue weighted by Gasteiger charge is 2.41. The molecule has 1 spiro atoms. The van der Waals surface area contributed by atoms with E-state index in [0.717, 1.165) is 73.3 Å². The van der Waals surface area contributed by atoms with Crippen molar-refractivity contribution < 1.29 is 13.9 Å². The smallest absolute Gasteiger partial charge is 0.129 e. The van der Waals surface area contributed by atoms with Gasteiger partial charge in [-0.3, -0.25) is 9.80 Å². The van der Waals surface area contributed by atoms with Gasteiger partial charge in [-0.15, -0.1) is 11.3 Å². The van der Waals surface area contributed by atoms with Crippen molar-refractivity contribution in [2.75, 3.05) is 52.5 Å². The summed E-state index contributed by atoms with van der Waals surface area (Å²) >= 11 is 1.75. The highest BCUT2D eigenvalue weighted by molar-refractivity contribution is 7.19. The average Bonchev–Trinajstić information content (AvgIpc) is 3.58. The van der Waals surface area contributed by atoms with Crippen molar-refractivity contribution in [1.29, 1.82) is 0 Å². The number of H-pyrrole nitrogens is 1. The Balaban J connectivity index is 1.21. The fraction of sp³-hybridized carbons (Fsp3) is 0.481. The highest BCUT2D eigenvalue weighted by atomic mass is 32.1. The van der Waals surface area contributed by atoms with E-state index in [4.69, 9.17) is 9.47 Å². The van der Waals surface area contributed by atoms with Crippen LogP contribution >= 0.6 is 11.3 Å². The predicted octanol–water partition coefficient (Wildman–Crippen LogP) is 3.84. The molecule has 2 N–H and O–H groups in total. The first-order valence-corrected chi connectivity index (χ1v) is 13.9. The van der Waals surface area contributed by atoms with Crippen molar-refractivity contribution in [2.24, 2.45) is 0 Å². The number of morpholine rings is 2. The minimum atomic E-state index is -0.341. The van der Waals surface area contributed by atoms with Crippen LogP contribution in [-0.4, -0.2) is 82.8 Å². The van der Waals surface area contributed by atoms with Gasteiger partial charge < -0.3 is 19.8 Å². The van der Waals surface area contributed by atoms with E-state index in [0.29, 0.717) is 18.7 Å². The Bertz CT molecular complexity index is 1360. The molecule has 2 atom stereocenters. The number of hydrogen-bond acceptors (Lipinski definition) is 8. The molecule has 2 unspecified atom stereocenters. The van der Waals surface area contributed by atoms with E-state index in [1.54, 1.807) is 29.8 Å². The number of hydrogen-bond donors (Lipinski definition) is 2. The molecule has 4 aromatic rings. The SMILES string of the molecule is Fc1ccc2[nH]ccc2c1C1CN(C(c2cc3ncncc3s2)N2CCC3(CC2)CNCCO3)CCO1. The maximum absolute atomic E-state index is 15.2. The van der Waals surface area contributed by atoms with Crippen LogP contribution in [0.2, 0.25) is 0 Å². The van der Waals surface area contributed by atoms with Crippen LogP contribution in [0.15, 0.2) is 43.0 Å². The van der Waals surface area contributed by atoms with Crippen LogP contribution in [0.4, 0.5) is 4.39 Å². The number of fused-ring (bicyclic) bond motifs is 2. The third kappa shape index (κ3) is 4.35. The summed E-state index contributed by atoms with van der Waals surface area (Å²) in [5.41, 5.74) is 2.48. The van der Waals surface area contributed by atoms with Gasteiger partial charge in [0, 0.05) is 73.0 Å². The summed E-state index contributed by atoms with van der Waals surface area (Å²) in [6.45, 7) is 6.46.